The maximum atomic E-state index is 5.98. The van der Waals surface area contributed by atoms with Gasteiger partial charge in [0, 0.05) is 10.9 Å². The molecule has 0 unspecified atom stereocenters. The van der Waals surface area contributed by atoms with Gasteiger partial charge in [-0.3, -0.25) is 5.43 Å². The van der Waals surface area contributed by atoms with Crippen molar-refractivity contribution in [2.45, 2.75) is 27.4 Å². The van der Waals surface area contributed by atoms with Crippen LogP contribution < -0.4 is 14.9 Å². The van der Waals surface area contributed by atoms with Crippen molar-refractivity contribution in [2.24, 2.45) is 5.10 Å². The van der Waals surface area contributed by atoms with E-state index in [1.807, 2.05) is 42.6 Å². The van der Waals surface area contributed by atoms with Crippen molar-refractivity contribution >= 4 is 22.7 Å². The van der Waals surface area contributed by atoms with Crippen LogP contribution in [0.2, 0.25) is 0 Å². The van der Waals surface area contributed by atoms with Gasteiger partial charge in [0.1, 0.15) is 18.1 Å². The number of ether oxygens (including phenoxy) is 2. The zero-order chi connectivity index (χ0) is 19.2. The fourth-order valence-electron chi connectivity index (χ4n) is 2.74. The minimum absolute atomic E-state index is 0.423. The number of thiazole rings is 1. The summed E-state index contributed by atoms with van der Waals surface area (Å²) >= 11 is 1.53. The first-order chi connectivity index (χ1) is 13.0. The molecule has 5 nitrogen and oxygen atoms in total. The Morgan fingerprint density at radius 2 is 1.89 bits per heavy atom. The van der Waals surface area contributed by atoms with Gasteiger partial charge in [0.15, 0.2) is 0 Å². The predicted octanol–water partition coefficient (Wildman–Crippen LogP) is 5.10. The lowest BCUT2D eigenvalue weighted by molar-refractivity contribution is 0.296. The summed E-state index contributed by atoms with van der Waals surface area (Å²) in [5.41, 5.74) is 8.21. The van der Waals surface area contributed by atoms with Crippen molar-refractivity contribution in [3.8, 4) is 11.5 Å². The maximum absolute atomic E-state index is 5.98. The molecule has 0 aliphatic heterocycles. The molecule has 0 saturated carbocycles. The van der Waals surface area contributed by atoms with Crippen LogP contribution in [0.25, 0.3) is 0 Å². The Morgan fingerprint density at radius 1 is 1.11 bits per heavy atom. The first kappa shape index (κ1) is 18.9. The largest absolute Gasteiger partial charge is 0.496 e. The number of hydrogen-bond donors (Lipinski definition) is 1. The third-order valence-electron chi connectivity index (χ3n) is 3.89. The van der Waals surface area contributed by atoms with Crippen molar-refractivity contribution in [3.63, 3.8) is 0 Å². The van der Waals surface area contributed by atoms with Crippen LogP contribution in [-0.2, 0) is 6.61 Å². The monoisotopic (exact) mass is 381 g/mol. The molecule has 140 valence electrons. The van der Waals surface area contributed by atoms with Gasteiger partial charge in [0.25, 0.3) is 0 Å². The molecule has 3 aromatic rings. The number of nitrogens with zero attached hydrogens (tertiary/aromatic N) is 2. The molecule has 0 radical (unpaired) electrons. The van der Waals surface area contributed by atoms with Crippen LogP contribution in [-0.4, -0.2) is 18.3 Å². The molecule has 0 atom stereocenters. The molecule has 0 saturated heterocycles. The quantitative estimate of drug-likeness (QED) is 0.457. The SMILES string of the molecule is COc1ccc(C=NNc2nc(C)cs2)cc1COc1cc(C)cc(C)c1. The Kier molecular flexibility index (Phi) is 6.08. The second-order valence-electron chi connectivity index (χ2n) is 6.35. The van der Waals surface area contributed by atoms with Gasteiger partial charge in [-0.25, -0.2) is 4.98 Å². The second-order valence-corrected chi connectivity index (χ2v) is 7.21. The Labute approximate surface area is 163 Å². The van der Waals surface area contributed by atoms with Crippen LogP contribution >= 0.6 is 11.3 Å². The van der Waals surface area contributed by atoms with Gasteiger partial charge in [-0.2, -0.15) is 5.10 Å². The molecule has 0 amide bonds. The highest BCUT2D eigenvalue weighted by atomic mass is 32.1. The highest BCUT2D eigenvalue weighted by molar-refractivity contribution is 7.13. The molecule has 0 aliphatic carbocycles. The van der Waals surface area contributed by atoms with Gasteiger partial charge in [-0.15, -0.1) is 11.3 Å². The number of benzene rings is 2. The van der Waals surface area contributed by atoms with E-state index in [4.69, 9.17) is 9.47 Å². The van der Waals surface area contributed by atoms with Gasteiger partial charge in [-0.05, 0) is 67.8 Å². The minimum Gasteiger partial charge on any atom is -0.496 e. The van der Waals surface area contributed by atoms with Crippen molar-refractivity contribution in [1.29, 1.82) is 0 Å². The number of aromatic nitrogens is 1. The lowest BCUT2D eigenvalue weighted by Gasteiger charge is -2.12. The van der Waals surface area contributed by atoms with E-state index in [1.54, 1.807) is 13.3 Å². The normalized spacial score (nSPS) is 11.0. The highest BCUT2D eigenvalue weighted by Gasteiger charge is 2.06. The molecule has 6 heteroatoms. The Hall–Kier alpha value is -2.86. The number of nitrogens with one attached hydrogen (secondary N) is 1. The Bertz CT molecular complexity index is 930. The van der Waals surface area contributed by atoms with Crippen LogP contribution in [0.3, 0.4) is 0 Å². The van der Waals surface area contributed by atoms with Gasteiger partial charge < -0.3 is 9.47 Å². The van der Waals surface area contributed by atoms with Gasteiger partial charge in [0.2, 0.25) is 5.13 Å². The van der Waals surface area contributed by atoms with Crippen LogP contribution in [0.15, 0.2) is 46.9 Å². The maximum Gasteiger partial charge on any atom is 0.203 e. The summed E-state index contributed by atoms with van der Waals surface area (Å²) in [5.74, 6) is 1.65. The average molecular weight is 382 g/mol. The van der Waals surface area contributed by atoms with E-state index in [9.17, 15) is 0 Å². The molecule has 27 heavy (non-hydrogen) atoms. The molecule has 3 rings (SSSR count). The van der Waals surface area contributed by atoms with E-state index in [1.165, 1.54) is 22.5 Å². The molecule has 2 aromatic carbocycles. The summed E-state index contributed by atoms with van der Waals surface area (Å²) in [6, 6.07) is 12.1. The number of hydrazone groups is 1. The molecule has 0 aliphatic rings. The Morgan fingerprint density at radius 3 is 2.56 bits per heavy atom. The van der Waals surface area contributed by atoms with E-state index >= 15 is 0 Å². The number of rotatable bonds is 7. The summed E-state index contributed by atoms with van der Waals surface area (Å²) in [5, 5.41) is 7.01. The number of hydrogen-bond acceptors (Lipinski definition) is 6. The summed E-state index contributed by atoms with van der Waals surface area (Å²) in [4.78, 5) is 4.32. The van der Waals surface area contributed by atoms with Gasteiger partial charge in [-0.1, -0.05) is 6.07 Å². The molecule has 0 bridgehead atoms. The van der Waals surface area contributed by atoms with Gasteiger partial charge >= 0.3 is 0 Å². The van der Waals surface area contributed by atoms with E-state index in [-0.39, 0.29) is 0 Å². The van der Waals surface area contributed by atoms with Crippen LogP contribution in [0.5, 0.6) is 11.5 Å². The fraction of sp³-hybridized carbons (Fsp3) is 0.238. The van der Waals surface area contributed by atoms with E-state index in [0.29, 0.717) is 6.61 Å². The van der Waals surface area contributed by atoms with Crippen LogP contribution in [0.4, 0.5) is 5.13 Å². The number of methoxy groups -OCH3 is 1. The summed E-state index contributed by atoms with van der Waals surface area (Å²) in [6.45, 7) is 6.51. The predicted molar refractivity (Wildman–Crippen MR) is 111 cm³/mol. The fourth-order valence-corrected chi connectivity index (χ4v) is 3.37. The molecule has 0 fully saturated rings. The molecule has 0 spiro atoms. The number of aryl methyl sites for hydroxylation is 3. The molecule has 1 N–H and O–H groups in total. The zero-order valence-corrected chi connectivity index (χ0v) is 16.8. The van der Waals surface area contributed by atoms with Crippen LogP contribution in [0.1, 0.15) is 27.9 Å². The van der Waals surface area contributed by atoms with Crippen molar-refractivity contribution in [1.82, 2.24) is 4.98 Å². The van der Waals surface area contributed by atoms with E-state index in [2.05, 4.69) is 35.4 Å². The van der Waals surface area contributed by atoms with Crippen molar-refractivity contribution in [3.05, 3.63) is 69.7 Å². The van der Waals surface area contributed by atoms with E-state index < -0.39 is 0 Å². The standard InChI is InChI=1S/C21H23N3O2S/c1-14-7-15(2)9-19(8-14)26-12-18-10-17(5-6-20(18)25-4)11-22-24-21-23-16(3)13-27-21/h5-11,13H,12H2,1-4H3,(H,23,24). The first-order valence-electron chi connectivity index (χ1n) is 8.63. The Balaban J connectivity index is 1.70. The molecule has 1 aromatic heterocycles. The van der Waals surface area contributed by atoms with E-state index in [0.717, 1.165) is 33.5 Å². The van der Waals surface area contributed by atoms with Crippen molar-refractivity contribution in [2.75, 3.05) is 12.5 Å². The summed E-state index contributed by atoms with van der Waals surface area (Å²) < 4.78 is 11.4. The topological polar surface area (TPSA) is 55.7 Å². The second kappa shape index (κ2) is 8.68. The van der Waals surface area contributed by atoms with Crippen LogP contribution in [0, 0.1) is 20.8 Å². The minimum atomic E-state index is 0.423. The third-order valence-corrected chi connectivity index (χ3v) is 4.75. The molecular weight excluding hydrogens is 358 g/mol. The molecular formula is C21H23N3O2S. The zero-order valence-electron chi connectivity index (χ0n) is 15.9. The molecule has 1 heterocycles. The number of anilines is 1. The highest BCUT2D eigenvalue weighted by Crippen LogP contribution is 2.23. The van der Waals surface area contributed by atoms with Crippen molar-refractivity contribution < 1.29 is 9.47 Å². The smallest absolute Gasteiger partial charge is 0.203 e. The first-order valence-corrected chi connectivity index (χ1v) is 9.50. The van der Waals surface area contributed by atoms with Gasteiger partial charge in [0.05, 0.1) is 19.0 Å². The average Bonchev–Trinajstić information content (AvgIpc) is 3.04. The third kappa shape index (κ3) is 5.31. The lowest BCUT2D eigenvalue weighted by Crippen LogP contribution is -2.01. The summed E-state index contributed by atoms with van der Waals surface area (Å²) in [6.07, 6.45) is 1.76. The lowest BCUT2D eigenvalue weighted by atomic mass is 10.1. The summed E-state index contributed by atoms with van der Waals surface area (Å²) in [7, 11) is 1.66.